The predicted molar refractivity (Wildman–Crippen MR) is 135 cm³/mol. The summed E-state index contributed by atoms with van der Waals surface area (Å²) >= 11 is 17.6. The van der Waals surface area contributed by atoms with E-state index in [0.717, 1.165) is 44.4 Å². The number of carbonyl (C=O) groups is 1. The third-order valence-corrected chi connectivity index (χ3v) is 10.2. The number of likely N-dealkylation sites (tertiary alicyclic amines) is 2. The van der Waals surface area contributed by atoms with Crippen molar-refractivity contribution >= 4 is 40.9 Å². The van der Waals surface area contributed by atoms with E-state index >= 15 is 0 Å². The van der Waals surface area contributed by atoms with Crippen molar-refractivity contribution in [1.82, 2.24) is 9.80 Å². The quantitative estimate of drug-likeness (QED) is 0.565. The molecule has 2 unspecified atom stereocenters. The molecule has 192 valence electrons. The van der Waals surface area contributed by atoms with Gasteiger partial charge in [-0.2, -0.15) is 0 Å². The first-order valence-electron chi connectivity index (χ1n) is 12.7. The molecular formula is C26H33Cl3N2O4. The van der Waals surface area contributed by atoms with E-state index in [1.54, 1.807) is 7.11 Å². The van der Waals surface area contributed by atoms with Gasteiger partial charge >= 0.3 is 6.09 Å². The Bertz CT molecular complexity index is 1030. The monoisotopic (exact) mass is 542 g/mol. The minimum Gasteiger partial charge on any atom is -0.497 e. The Morgan fingerprint density at radius 2 is 2.11 bits per heavy atom. The molecule has 4 fully saturated rings. The van der Waals surface area contributed by atoms with E-state index in [1.165, 1.54) is 11.1 Å². The standard InChI is InChI=1S/C26H33Cl3N2O4/c1-15(32)12-30-8-7-25-19-10-18(34-2)4-3-16(19)9-21(30)24(25)6-5-20-22(25)17(11-24)13-31(20)23(33)35-14-26(27,28)29/h3-4,10,15,17,20-22,32H,5-9,11-14H2,1-2H3/t15-,17-,20?,21-,22?,24-,25+/m1/s1. The summed E-state index contributed by atoms with van der Waals surface area (Å²) < 4.78 is 9.51. The van der Waals surface area contributed by atoms with E-state index in [0.29, 0.717) is 31.0 Å². The maximum Gasteiger partial charge on any atom is 0.410 e. The van der Waals surface area contributed by atoms with Gasteiger partial charge in [-0.25, -0.2) is 4.79 Å². The summed E-state index contributed by atoms with van der Waals surface area (Å²) in [7, 11) is 1.73. The number of halogens is 3. The summed E-state index contributed by atoms with van der Waals surface area (Å²) in [6.45, 7) is 4.01. The average molecular weight is 544 g/mol. The Hall–Kier alpha value is -0.920. The summed E-state index contributed by atoms with van der Waals surface area (Å²) in [6.07, 6.45) is 4.44. The smallest absolute Gasteiger partial charge is 0.410 e. The van der Waals surface area contributed by atoms with Crippen LogP contribution in [0, 0.1) is 17.3 Å². The molecule has 7 atom stereocenters. The van der Waals surface area contributed by atoms with Crippen molar-refractivity contribution in [3.05, 3.63) is 29.3 Å². The molecule has 1 aromatic rings. The van der Waals surface area contributed by atoms with Crippen LogP contribution in [0.4, 0.5) is 4.79 Å². The normalized spacial score (nSPS) is 38.1. The average Bonchev–Trinajstić information content (AvgIpc) is 3.24. The van der Waals surface area contributed by atoms with Gasteiger partial charge in [-0.05, 0) is 86.1 Å². The Kier molecular flexibility index (Phi) is 5.78. The molecule has 0 radical (unpaired) electrons. The summed E-state index contributed by atoms with van der Waals surface area (Å²) in [5.41, 5.74) is 2.96. The van der Waals surface area contributed by atoms with E-state index < -0.39 is 3.79 Å². The highest BCUT2D eigenvalue weighted by Crippen LogP contribution is 2.75. The lowest BCUT2D eigenvalue weighted by atomic mass is 9.43. The van der Waals surface area contributed by atoms with Crippen LogP contribution < -0.4 is 4.74 Å². The van der Waals surface area contributed by atoms with E-state index in [1.807, 2.05) is 11.8 Å². The van der Waals surface area contributed by atoms with E-state index in [4.69, 9.17) is 44.3 Å². The SMILES string of the molecule is COc1ccc2c(c1)[C@]13CCN(C[C@@H](C)O)[C@H](C2)[C@]12CCC1C3[C@@H](CN1C(=O)OCC(Cl)(Cl)Cl)C2. The second-order valence-corrected chi connectivity index (χ2v) is 13.9. The molecule has 35 heavy (non-hydrogen) atoms. The van der Waals surface area contributed by atoms with Gasteiger partial charge < -0.3 is 19.5 Å². The van der Waals surface area contributed by atoms with Crippen LogP contribution in [0.3, 0.4) is 0 Å². The number of benzene rings is 1. The first kappa shape index (κ1) is 24.4. The molecule has 0 spiro atoms. The van der Waals surface area contributed by atoms with Crippen LogP contribution in [0.1, 0.15) is 43.7 Å². The van der Waals surface area contributed by atoms with E-state index in [-0.39, 0.29) is 35.7 Å². The highest BCUT2D eigenvalue weighted by atomic mass is 35.6. The number of amides is 1. The number of aliphatic hydroxyl groups is 1. The molecule has 4 bridgehead atoms. The molecule has 3 aliphatic carbocycles. The van der Waals surface area contributed by atoms with Crippen molar-refractivity contribution in [2.24, 2.45) is 17.3 Å². The number of hydrogen-bond acceptors (Lipinski definition) is 5. The number of aliphatic hydroxyl groups excluding tert-OH is 1. The summed E-state index contributed by atoms with van der Waals surface area (Å²) in [5, 5.41) is 10.3. The Balaban J connectivity index is 1.42. The Morgan fingerprint density at radius 3 is 2.83 bits per heavy atom. The van der Waals surface area contributed by atoms with E-state index in [2.05, 4.69) is 23.1 Å². The van der Waals surface area contributed by atoms with Crippen molar-refractivity contribution in [2.75, 3.05) is 33.4 Å². The maximum absolute atomic E-state index is 13.1. The minimum absolute atomic E-state index is 0.00713. The first-order valence-corrected chi connectivity index (χ1v) is 13.8. The molecule has 2 saturated heterocycles. The molecule has 2 aliphatic heterocycles. The van der Waals surface area contributed by atoms with Gasteiger partial charge in [-0.3, -0.25) is 4.90 Å². The van der Waals surface area contributed by atoms with Gasteiger partial charge in [-0.15, -0.1) is 0 Å². The zero-order valence-corrected chi connectivity index (χ0v) is 22.5. The minimum atomic E-state index is -1.62. The van der Waals surface area contributed by atoms with Crippen molar-refractivity contribution in [1.29, 1.82) is 0 Å². The molecule has 1 amide bonds. The topological polar surface area (TPSA) is 62.2 Å². The third kappa shape index (κ3) is 3.46. The highest BCUT2D eigenvalue weighted by molar-refractivity contribution is 6.67. The largest absolute Gasteiger partial charge is 0.497 e. The van der Waals surface area contributed by atoms with Crippen LogP contribution in [0.5, 0.6) is 5.75 Å². The number of nitrogens with zero attached hydrogens (tertiary/aromatic N) is 2. The van der Waals surface area contributed by atoms with Gasteiger partial charge in [0.2, 0.25) is 3.79 Å². The maximum atomic E-state index is 13.1. The lowest BCUT2D eigenvalue weighted by Crippen LogP contribution is -2.70. The first-order chi connectivity index (χ1) is 16.6. The van der Waals surface area contributed by atoms with Crippen LogP contribution in [0.15, 0.2) is 18.2 Å². The third-order valence-electron chi connectivity index (χ3n) is 9.90. The fourth-order valence-corrected chi connectivity index (χ4v) is 9.37. The van der Waals surface area contributed by atoms with E-state index in [9.17, 15) is 9.90 Å². The van der Waals surface area contributed by atoms with Crippen LogP contribution >= 0.6 is 34.8 Å². The number of alkyl halides is 3. The fourth-order valence-electron chi connectivity index (χ4n) is 9.21. The Morgan fingerprint density at radius 1 is 1.31 bits per heavy atom. The number of methoxy groups -OCH3 is 1. The molecule has 2 heterocycles. The van der Waals surface area contributed by atoms with Gasteiger partial charge in [-0.1, -0.05) is 40.9 Å². The number of rotatable bonds is 4. The molecular weight excluding hydrogens is 511 g/mol. The lowest BCUT2D eigenvalue weighted by molar-refractivity contribution is -0.109. The van der Waals surface area contributed by atoms with Crippen LogP contribution in [-0.4, -0.2) is 76.3 Å². The van der Waals surface area contributed by atoms with Crippen molar-refractivity contribution in [3.8, 4) is 5.75 Å². The number of hydrogen-bond donors (Lipinski definition) is 1. The Labute approximate surface area is 221 Å². The summed E-state index contributed by atoms with van der Waals surface area (Å²) in [5.74, 6) is 1.68. The second-order valence-electron chi connectivity index (χ2n) is 11.4. The number of β-amino-alcohol motifs (C(OH)–C–C–N with tert-alkyl or cyclic N) is 1. The highest BCUT2D eigenvalue weighted by Gasteiger charge is 2.76. The molecule has 1 N–H and O–H groups in total. The molecule has 0 aromatic heterocycles. The summed E-state index contributed by atoms with van der Waals surface area (Å²) in [6, 6.07) is 7.12. The van der Waals surface area contributed by atoms with Gasteiger partial charge in [0.25, 0.3) is 0 Å². The lowest BCUT2D eigenvalue weighted by Gasteiger charge is -2.66. The van der Waals surface area contributed by atoms with Gasteiger partial charge in [0.05, 0.1) is 13.2 Å². The van der Waals surface area contributed by atoms with Gasteiger partial charge in [0.15, 0.2) is 0 Å². The predicted octanol–water partition coefficient (Wildman–Crippen LogP) is 4.55. The van der Waals surface area contributed by atoms with Gasteiger partial charge in [0, 0.05) is 30.6 Å². The van der Waals surface area contributed by atoms with Crippen molar-refractivity contribution < 1.29 is 19.4 Å². The molecule has 5 aliphatic rings. The van der Waals surface area contributed by atoms with Crippen LogP contribution in [-0.2, 0) is 16.6 Å². The van der Waals surface area contributed by atoms with Crippen LogP contribution in [0.25, 0.3) is 0 Å². The second kappa shape index (κ2) is 8.29. The number of piperidine rings is 1. The number of fused-ring (bicyclic) bond motifs is 1. The molecule has 6 rings (SSSR count). The summed E-state index contributed by atoms with van der Waals surface area (Å²) in [4.78, 5) is 17.6. The van der Waals surface area contributed by atoms with Gasteiger partial charge in [0.1, 0.15) is 12.4 Å². The number of carbonyl (C=O) groups excluding carboxylic acids is 1. The zero-order chi connectivity index (χ0) is 24.8. The zero-order valence-electron chi connectivity index (χ0n) is 20.2. The molecule has 6 nitrogen and oxygen atoms in total. The number of ether oxygens (including phenoxy) is 2. The van der Waals surface area contributed by atoms with Crippen LogP contribution in [0.2, 0.25) is 0 Å². The fraction of sp³-hybridized carbons (Fsp3) is 0.731. The molecule has 9 heteroatoms. The van der Waals surface area contributed by atoms with Crippen molar-refractivity contribution in [3.63, 3.8) is 0 Å². The molecule has 1 aromatic carbocycles. The molecule has 2 saturated carbocycles. The van der Waals surface area contributed by atoms with Crippen molar-refractivity contribution in [2.45, 2.75) is 66.4 Å².